The van der Waals surface area contributed by atoms with E-state index in [0.29, 0.717) is 0 Å². The van der Waals surface area contributed by atoms with Gasteiger partial charge in [-0.15, -0.1) is 10.2 Å². The molecule has 0 aromatic carbocycles. The van der Waals surface area contributed by atoms with Gasteiger partial charge in [0.15, 0.2) is 11.4 Å². The summed E-state index contributed by atoms with van der Waals surface area (Å²) in [7, 11) is 2.47. The minimum Gasteiger partial charge on any atom is -0.464 e. The molecule has 0 fully saturated rings. The summed E-state index contributed by atoms with van der Waals surface area (Å²) in [5.41, 5.74) is 0.0153. The van der Waals surface area contributed by atoms with Crippen LogP contribution in [0.1, 0.15) is 0 Å². The molecule has 1 aliphatic rings. The molecule has 0 aromatic rings. The third-order valence-electron chi connectivity index (χ3n) is 1.67. The Balaban J connectivity index is 3.00. The van der Waals surface area contributed by atoms with Gasteiger partial charge < -0.3 is 9.47 Å². The minimum atomic E-state index is -0.625. The van der Waals surface area contributed by atoms with Crippen molar-refractivity contribution >= 4 is 23.4 Å². The molecule has 0 amide bonds. The van der Waals surface area contributed by atoms with E-state index >= 15 is 0 Å². The molecular weight excluding hydrogens is 212 g/mol. The maximum Gasteiger partial charge on any atom is 0.358 e. The summed E-state index contributed by atoms with van der Waals surface area (Å²) in [6, 6.07) is 0. The van der Waals surface area contributed by atoms with Crippen LogP contribution in [0.4, 0.5) is 0 Å². The van der Waals surface area contributed by atoms with Gasteiger partial charge in [-0.1, -0.05) is 12.2 Å². The quantitative estimate of drug-likeness (QED) is 0.628. The standard InChI is InChI=1S/C10H10N2O4/c1-15-9(13)7-5-3-4-6-8(12-11-7)10(14)16-2/h3-6H,1-2H3/b4-3?,5-3-,6-4-,7-5?,8-6?,11-7+,12-8+,12-11?. The van der Waals surface area contributed by atoms with E-state index in [-0.39, 0.29) is 11.4 Å². The first-order valence-electron chi connectivity index (χ1n) is 4.36. The first kappa shape index (κ1) is 11.8. The lowest BCUT2D eigenvalue weighted by molar-refractivity contribution is -0.133. The maximum atomic E-state index is 11.2. The lowest BCUT2D eigenvalue weighted by atomic mass is 10.3. The predicted octanol–water partition coefficient (Wildman–Crippen LogP) is 0.255. The van der Waals surface area contributed by atoms with Gasteiger partial charge in [-0.3, -0.25) is 0 Å². The molecule has 0 saturated heterocycles. The van der Waals surface area contributed by atoms with Gasteiger partial charge in [0.2, 0.25) is 0 Å². The summed E-state index contributed by atoms with van der Waals surface area (Å²) in [4.78, 5) is 22.3. The van der Waals surface area contributed by atoms with Crippen molar-refractivity contribution in [2.24, 2.45) is 10.2 Å². The van der Waals surface area contributed by atoms with Gasteiger partial charge in [0, 0.05) is 0 Å². The van der Waals surface area contributed by atoms with Crippen LogP contribution in [0.2, 0.25) is 0 Å². The SMILES string of the molecule is COC(=O)C1=N/N=C(C(=O)OC)\C=C/C=C\1. The Morgan fingerprint density at radius 2 is 1.31 bits per heavy atom. The van der Waals surface area contributed by atoms with Gasteiger partial charge in [-0.2, -0.15) is 0 Å². The van der Waals surface area contributed by atoms with Crippen LogP contribution in [-0.2, 0) is 19.1 Å². The van der Waals surface area contributed by atoms with Crippen LogP contribution in [0, 0.1) is 0 Å². The number of nitrogens with zero attached hydrogens (tertiary/aromatic N) is 2. The highest BCUT2D eigenvalue weighted by atomic mass is 16.5. The van der Waals surface area contributed by atoms with Crippen molar-refractivity contribution in [1.82, 2.24) is 0 Å². The van der Waals surface area contributed by atoms with Crippen molar-refractivity contribution in [3.05, 3.63) is 24.3 Å². The van der Waals surface area contributed by atoms with E-state index in [1.54, 1.807) is 12.2 Å². The second-order valence-electron chi connectivity index (χ2n) is 2.67. The Kier molecular flexibility index (Phi) is 4.14. The van der Waals surface area contributed by atoms with E-state index in [9.17, 15) is 9.59 Å². The van der Waals surface area contributed by atoms with Gasteiger partial charge in [-0.25, -0.2) is 9.59 Å². The number of ether oxygens (including phenoxy) is 2. The molecule has 0 N–H and O–H groups in total. The summed E-state index contributed by atoms with van der Waals surface area (Å²) in [5.74, 6) is -1.25. The smallest absolute Gasteiger partial charge is 0.358 e. The normalized spacial score (nSPS) is 24.9. The largest absolute Gasteiger partial charge is 0.464 e. The molecule has 1 aliphatic heterocycles. The number of hydrogen-bond donors (Lipinski definition) is 0. The van der Waals surface area contributed by atoms with E-state index in [1.165, 1.54) is 26.4 Å². The van der Waals surface area contributed by atoms with Crippen molar-refractivity contribution in [3.8, 4) is 0 Å². The fourth-order valence-corrected chi connectivity index (χ4v) is 0.895. The molecule has 0 aromatic heterocycles. The first-order chi connectivity index (χ1) is 7.69. The number of carbonyl (C=O) groups excluding carboxylic acids is 2. The zero-order chi connectivity index (χ0) is 12.0. The van der Waals surface area contributed by atoms with Gasteiger partial charge in [-0.05, 0) is 12.2 Å². The Hall–Kier alpha value is -2.24. The summed E-state index contributed by atoms with van der Waals surface area (Å²) in [6.07, 6.45) is 5.96. The second kappa shape index (κ2) is 5.59. The van der Waals surface area contributed by atoms with Crippen LogP contribution in [0.25, 0.3) is 0 Å². The average molecular weight is 222 g/mol. The summed E-state index contributed by atoms with van der Waals surface area (Å²) in [5, 5.41) is 7.19. The molecule has 6 heteroatoms. The topological polar surface area (TPSA) is 77.3 Å². The number of carbonyl (C=O) groups is 2. The number of hydrogen-bond acceptors (Lipinski definition) is 6. The van der Waals surface area contributed by atoms with Crippen molar-refractivity contribution in [1.29, 1.82) is 0 Å². The maximum absolute atomic E-state index is 11.2. The van der Waals surface area contributed by atoms with E-state index < -0.39 is 11.9 Å². The van der Waals surface area contributed by atoms with E-state index in [1.807, 2.05) is 0 Å². The van der Waals surface area contributed by atoms with E-state index in [4.69, 9.17) is 0 Å². The molecule has 0 atom stereocenters. The van der Waals surface area contributed by atoms with Crippen LogP contribution < -0.4 is 0 Å². The summed E-state index contributed by atoms with van der Waals surface area (Å²) >= 11 is 0. The fourth-order valence-electron chi connectivity index (χ4n) is 0.895. The Labute approximate surface area is 91.9 Å². The summed E-state index contributed by atoms with van der Waals surface area (Å²) < 4.78 is 8.96. The van der Waals surface area contributed by atoms with Crippen LogP contribution in [-0.4, -0.2) is 37.6 Å². The van der Waals surface area contributed by atoms with Gasteiger partial charge >= 0.3 is 11.9 Å². The molecule has 0 bridgehead atoms. The second-order valence-corrected chi connectivity index (χ2v) is 2.67. The summed E-state index contributed by atoms with van der Waals surface area (Å²) in [6.45, 7) is 0. The molecule has 0 spiro atoms. The van der Waals surface area contributed by atoms with Crippen molar-refractivity contribution in [2.75, 3.05) is 14.2 Å². The monoisotopic (exact) mass is 222 g/mol. The minimum absolute atomic E-state index is 0.00764. The number of allylic oxidation sites excluding steroid dienone is 2. The lowest BCUT2D eigenvalue weighted by Crippen LogP contribution is -2.16. The Morgan fingerprint density at radius 3 is 1.62 bits per heavy atom. The lowest BCUT2D eigenvalue weighted by Gasteiger charge is -2.00. The Bertz CT molecular complexity index is 379. The van der Waals surface area contributed by atoms with Crippen molar-refractivity contribution in [2.45, 2.75) is 0 Å². The number of methoxy groups -OCH3 is 2. The number of esters is 2. The predicted molar refractivity (Wildman–Crippen MR) is 57.2 cm³/mol. The Morgan fingerprint density at radius 1 is 0.938 bits per heavy atom. The molecule has 0 aliphatic carbocycles. The molecule has 1 heterocycles. The van der Waals surface area contributed by atoms with Gasteiger partial charge in [0.05, 0.1) is 14.2 Å². The van der Waals surface area contributed by atoms with E-state index in [0.717, 1.165) is 0 Å². The molecule has 0 unspecified atom stereocenters. The highest BCUT2D eigenvalue weighted by Crippen LogP contribution is 1.97. The molecule has 0 radical (unpaired) electrons. The number of rotatable bonds is 2. The molecule has 6 nitrogen and oxygen atoms in total. The van der Waals surface area contributed by atoms with Crippen LogP contribution >= 0.6 is 0 Å². The van der Waals surface area contributed by atoms with Gasteiger partial charge in [0.25, 0.3) is 0 Å². The molecule has 84 valence electrons. The highest BCUT2D eigenvalue weighted by Gasteiger charge is 2.12. The average Bonchev–Trinajstić information content (AvgIpc) is 2.27. The third kappa shape index (κ3) is 2.88. The first-order valence-corrected chi connectivity index (χ1v) is 4.36. The van der Waals surface area contributed by atoms with Crippen LogP contribution in [0.15, 0.2) is 34.5 Å². The van der Waals surface area contributed by atoms with Crippen molar-refractivity contribution < 1.29 is 19.1 Å². The highest BCUT2D eigenvalue weighted by molar-refractivity contribution is 6.43. The van der Waals surface area contributed by atoms with Crippen LogP contribution in [0.5, 0.6) is 0 Å². The fraction of sp³-hybridized carbons (Fsp3) is 0.200. The zero-order valence-corrected chi connectivity index (χ0v) is 8.84. The molecular formula is C10H10N2O4. The van der Waals surface area contributed by atoms with Gasteiger partial charge in [0.1, 0.15) is 0 Å². The van der Waals surface area contributed by atoms with Crippen LogP contribution in [0.3, 0.4) is 0 Å². The van der Waals surface area contributed by atoms with Crippen molar-refractivity contribution in [3.63, 3.8) is 0 Å². The van der Waals surface area contributed by atoms with E-state index in [2.05, 4.69) is 19.7 Å². The zero-order valence-electron chi connectivity index (χ0n) is 8.84. The third-order valence-corrected chi connectivity index (χ3v) is 1.67. The molecule has 1 rings (SSSR count). The molecule has 16 heavy (non-hydrogen) atoms. The molecule has 0 saturated carbocycles.